The number of nitrogens with two attached hydrogens (primary N) is 1. The number of halogens is 1. The third-order valence-electron chi connectivity index (χ3n) is 2.23. The van der Waals surface area contributed by atoms with Crippen LogP contribution in [0.3, 0.4) is 0 Å². The van der Waals surface area contributed by atoms with E-state index in [4.69, 9.17) is 17.3 Å². The van der Waals surface area contributed by atoms with E-state index in [2.05, 4.69) is 9.97 Å². The summed E-state index contributed by atoms with van der Waals surface area (Å²) in [5.74, 6) is 0.893. The standard InChI is InChI=1S/C10H12ClN3S/c1-6-5-15-10(9(6)11)7(12)4-8-13-2-3-14-8/h2-3,5,7H,4,12H2,1H3,(H,13,14). The molecule has 0 aliphatic heterocycles. The molecule has 80 valence electrons. The van der Waals surface area contributed by atoms with Gasteiger partial charge in [0.2, 0.25) is 0 Å². The van der Waals surface area contributed by atoms with Gasteiger partial charge in [-0.25, -0.2) is 4.98 Å². The molecule has 0 radical (unpaired) electrons. The van der Waals surface area contributed by atoms with Gasteiger partial charge in [-0.3, -0.25) is 0 Å². The Morgan fingerprint density at radius 1 is 1.67 bits per heavy atom. The van der Waals surface area contributed by atoms with E-state index in [1.165, 1.54) is 0 Å². The zero-order valence-corrected chi connectivity index (χ0v) is 9.90. The van der Waals surface area contributed by atoms with E-state index in [1.807, 2.05) is 12.3 Å². The maximum absolute atomic E-state index is 6.14. The number of imidazole rings is 1. The topological polar surface area (TPSA) is 54.7 Å². The Morgan fingerprint density at radius 3 is 3.00 bits per heavy atom. The van der Waals surface area contributed by atoms with Gasteiger partial charge in [0.15, 0.2) is 0 Å². The van der Waals surface area contributed by atoms with Crippen molar-refractivity contribution in [3.05, 3.63) is 39.1 Å². The molecule has 2 aromatic heterocycles. The maximum atomic E-state index is 6.14. The molecular formula is C10H12ClN3S. The van der Waals surface area contributed by atoms with Crippen LogP contribution in [0.5, 0.6) is 0 Å². The summed E-state index contributed by atoms with van der Waals surface area (Å²) in [6, 6.07) is -0.0812. The monoisotopic (exact) mass is 241 g/mol. The number of thiophene rings is 1. The summed E-state index contributed by atoms with van der Waals surface area (Å²) in [5, 5.41) is 2.82. The van der Waals surface area contributed by atoms with E-state index in [-0.39, 0.29) is 6.04 Å². The molecule has 15 heavy (non-hydrogen) atoms. The highest BCUT2D eigenvalue weighted by molar-refractivity contribution is 7.10. The second-order valence-electron chi connectivity index (χ2n) is 3.44. The first-order valence-corrected chi connectivity index (χ1v) is 5.91. The Morgan fingerprint density at radius 2 is 2.47 bits per heavy atom. The number of nitrogens with zero attached hydrogens (tertiary/aromatic N) is 1. The van der Waals surface area contributed by atoms with Gasteiger partial charge in [0.25, 0.3) is 0 Å². The van der Waals surface area contributed by atoms with E-state index in [9.17, 15) is 0 Å². The summed E-state index contributed by atoms with van der Waals surface area (Å²) >= 11 is 7.75. The van der Waals surface area contributed by atoms with Crippen molar-refractivity contribution in [1.82, 2.24) is 9.97 Å². The normalized spacial score (nSPS) is 13.0. The van der Waals surface area contributed by atoms with Crippen molar-refractivity contribution in [2.75, 3.05) is 0 Å². The van der Waals surface area contributed by atoms with Crippen LogP contribution >= 0.6 is 22.9 Å². The van der Waals surface area contributed by atoms with E-state index in [0.717, 1.165) is 21.3 Å². The van der Waals surface area contributed by atoms with Gasteiger partial charge in [-0.1, -0.05) is 11.6 Å². The number of hydrogen-bond donors (Lipinski definition) is 2. The zero-order valence-electron chi connectivity index (χ0n) is 8.33. The number of rotatable bonds is 3. The van der Waals surface area contributed by atoms with Crippen LogP contribution in [0.4, 0.5) is 0 Å². The lowest BCUT2D eigenvalue weighted by Gasteiger charge is -2.08. The fourth-order valence-corrected chi connectivity index (χ4v) is 2.75. The highest BCUT2D eigenvalue weighted by Gasteiger charge is 2.15. The van der Waals surface area contributed by atoms with Crippen molar-refractivity contribution in [2.24, 2.45) is 5.73 Å². The Labute approximate surface area is 97.3 Å². The molecule has 0 fully saturated rings. The van der Waals surface area contributed by atoms with Gasteiger partial charge in [-0.2, -0.15) is 0 Å². The number of aromatic nitrogens is 2. The van der Waals surface area contributed by atoms with Crippen molar-refractivity contribution in [3.63, 3.8) is 0 Å². The molecule has 0 saturated heterocycles. The fraction of sp³-hybridized carbons (Fsp3) is 0.300. The molecule has 0 aromatic carbocycles. The molecule has 0 aliphatic rings. The average Bonchev–Trinajstić information content (AvgIpc) is 2.79. The first-order valence-electron chi connectivity index (χ1n) is 4.66. The van der Waals surface area contributed by atoms with Crippen LogP contribution < -0.4 is 5.73 Å². The summed E-state index contributed by atoms with van der Waals surface area (Å²) < 4.78 is 0. The molecule has 0 saturated carbocycles. The molecular weight excluding hydrogens is 230 g/mol. The second kappa shape index (κ2) is 4.35. The van der Waals surface area contributed by atoms with Gasteiger partial charge >= 0.3 is 0 Å². The van der Waals surface area contributed by atoms with E-state index >= 15 is 0 Å². The minimum absolute atomic E-state index is 0.0812. The van der Waals surface area contributed by atoms with Crippen LogP contribution in [-0.2, 0) is 6.42 Å². The Kier molecular flexibility index (Phi) is 3.09. The zero-order chi connectivity index (χ0) is 10.8. The van der Waals surface area contributed by atoms with Crippen LogP contribution in [0.25, 0.3) is 0 Å². The van der Waals surface area contributed by atoms with Crippen molar-refractivity contribution < 1.29 is 0 Å². The van der Waals surface area contributed by atoms with E-state index in [1.54, 1.807) is 23.7 Å². The van der Waals surface area contributed by atoms with E-state index in [0.29, 0.717) is 6.42 Å². The second-order valence-corrected chi connectivity index (χ2v) is 4.73. The van der Waals surface area contributed by atoms with E-state index < -0.39 is 0 Å². The van der Waals surface area contributed by atoms with Crippen LogP contribution in [0.1, 0.15) is 22.3 Å². The molecule has 5 heteroatoms. The molecule has 2 aromatic rings. The lowest BCUT2D eigenvalue weighted by Crippen LogP contribution is -2.13. The van der Waals surface area contributed by atoms with Crippen molar-refractivity contribution in [3.8, 4) is 0 Å². The Hall–Kier alpha value is -0.840. The number of H-pyrrole nitrogens is 1. The molecule has 3 N–H and O–H groups in total. The summed E-state index contributed by atoms with van der Waals surface area (Å²) in [4.78, 5) is 8.21. The molecule has 2 heterocycles. The molecule has 1 unspecified atom stereocenters. The molecule has 3 nitrogen and oxygen atoms in total. The van der Waals surface area contributed by atoms with Gasteiger partial charge in [0.1, 0.15) is 5.82 Å². The first-order chi connectivity index (χ1) is 7.18. The summed E-state index contributed by atoms with van der Waals surface area (Å²) in [6.07, 6.45) is 4.21. The van der Waals surface area contributed by atoms with Crippen LogP contribution in [0, 0.1) is 6.92 Å². The number of nitrogens with one attached hydrogen (secondary N) is 1. The minimum atomic E-state index is -0.0812. The predicted molar refractivity (Wildman–Crippen MR) is 63.3 cm³/mol. The maximum Gasteiger partial charge on any atom is 0.107 e. The third kappa shape index (κ3) is 2.22. The summed E-state index contributed by atoms with van der Waals surface area (Å²) in [5.41, 5.74) is 7.16. The Balaban J connectivity index is 2.14. The van der Waals surface area contributed by atoms with Crippen molar-refractivity contribution >= 4 is 22.9 Å². The highest BCUT2D eigenvalue weighted by Crippen LogP contribution is 2.32. The quantitative estimate of drug-likeness (QED) is 0.868. The van der Waals surface area contributed by atoms with Crippen LogP contribution in [-0.4, -0.2) is 9.97 Å². The molecule has 0 spiro atoms. The SMILES string of the molecule is Cc1csc(C(N)Cc2ncc[nH]2)c1Cl. The molecule has 0 amide bonds. The van der Waals surface area contributed by atoms with Crippen molar-refractivity contribution in [2.45, 2.75) is 19.4 Å². The van der Waals surface area contributed by atoms with Gasteiger partial charge in [-0.05, 0) is 17.9 Å². The summed E-state index contributed by atoms with van der Waals surface area (Å²) in [6.45, 7) is 1.99. The van der Waals surface area contributed by atoms with Gasteiger partial charge in [0.05, 0.1) is 5.02 Å². The molecule has 2 rings (SSSR count). The van der Waals surface area contributed by atoms with Crippen molar-refractivity contribution in [1.29, 1.82) is 0 Å². The number of aryl methyl sites for hydroxylation is 1. The third-order valence-corrected chi connectivity index (χ3v) is 4.08. The van der Waals surface area contributed by atoms with Gasteiger partial charge in [0, 0.05) is 29.7 Å². The largest absolute Gasteiger partial charge is 0.349 e. The Bertz CT molecular complexity index is 435. The first kappa shape index (κ1) is 10.7. The summed E-state index contributed by atoms with van der Waals surface area (Å²) in [7, 11) is 0. The van der Waals surface area contributed by atoms with Crippen LogP contribution in [0.2, 0.25) is 5.02 Å². The minimum Gasteiger partial charge on any atom is -0.349 e. The van der Waals surface area contributed by atoms with Gasteiger partial charge < -0.3 is 10.7 Å². The van der Waals surface area contributed by atoms with Crippen LogP contribution in [0.15, 0.2) is 17.8 Å². The molecule has 0 bridgehead atoms. The highest BCUT2D eigenvalue weighted by atomic mass is 35.5. The lowest BCUT2D eigenvalue weighted by molar-refractivity contribution is 0.707. The smallest absolute Gasteiger partial charge is 0.107 e. The predicted octanol–water partition coefficient (Wildman–Crippen LogP) is 2.68. The number of hydrogen-bond acceptors (Lipinski definition) is 3. The number of aromatic amines is 1. The lowest BCUT2D eigenvalue weighted by atomic mass is 10.1. The average molecular weight is 242 g/mol. The fourth-order valence-electron chi connectivity index (χ4n) is 1.41. The van der Waals surface area contributed by atoms with Gasteiger partial charge in [-0.15, -0.1) is 11.3 Å². The molecule has 1 atom stereocenters. The molecule has 0 aliphatic carbocycles.